The van der Waals surface area contributed by atoms with Crippen LogP contribution in [-0.2, 0) is 0 Å². The highest BCUT2D eigenvalue weighted by molar-refractivity contribution is 5.25. The van der Waals surface area contributed by atoms with Crippen LogP contribution in [0.5, 0.6) is 0 Å². The van der Waals surface area contributed by atoms with Gasteiger partial charge >= 0.3 is 0 Å². The Kier molecular flexibility index (Phi) is 3.26. The fraction of sp³-hybridized carbons (Fsp3) is 0.400. The number of nitrogens with two attached hydrogens (primary N) is 1. The summed E-state index contributed by atoms with van der Waals surface area (Å²) in [7, 11) is 0. The Bertz CT molecular complexity index is 243. The van der Waals surface area contributed by atoms with Crippen LogP contribution in [0.3, 0.4) is 0 Å². The summed E-state index contributed by atoms with van der Waals surface area (Å²) in [5.74, 6) is 0.0879. The molecule has 3 N–H and O–H groups in total. The minimum absolute atomic E-state index is 0.0879. The van der Waals surface area contributed by atoms with Crippen molar-refractivity contribution in [3.63, 3.8) is 0 Å². The van der Waals surface area contributed by atoms with E-state index in [2.05, 4.69) is 6.07 Å². The highest BCUT2D eigenvalue weighted by Crippen LogP contribution is 2.14. The van der Waals surface area contributed by atoms with Gasteiger partial charge in [0.25, 0.3) is 0 Å². The van der Waals surface area contributed by atoms with Crippen LogP contribution in [0.15, 0.2) is 24.3 Å². The molecule has 1 atom stereocenters. The summed E-state index contributed by atoms with van der Waals surface area (Å²) in [5, 5.41) is 8.99. The number of aliphatic hydroxyl groups is 1. The Morgan fingerprint density at radius 3 is 2.75 bits per heavy atom. The molecule has 2 heteroatoms. The monoisotopic (exact) mass is 165 g/mol. The molecule has 0 saturated heterocycles. The molecule has 0 aliphatic carbocycles. The van der Waals surface area contributed by atoms with Crippen LogP contribution in [0, 0.1) is 6.92 Å². The van der Waals surface area contributed by atoms with Gasteiger partial charge in [0.05, 0.1) is 6.61 Å². The molecule has 0 heterocycles. The van der Waals surface area contributed by atoms with E-state index in [0.29, 0.717) is 6.54 Å². The van der Waals surface area contributed by atoms with Gasteiger partial charge in [0.1, 0.15) is 0 Å². The average molecular weight is 165 g/mol. The summed E-state index contributed by atoms with van der Waals surface area (Å²) in [6.07, 6.45) is 0. The maximum absolute atomic E-state index is 8.99. The first kappa shape index (κ1) is 9.23. The first-order valence-electron chi connectivity index (χ1n) is 4.15. The molecule has 66 valence electrons. The molecule has 0 aromatic heterocycles. The molecule has 12 heavy (non-hydrogen) atoms. The molecule has 1 unspecified atom stereocenters. The van der Waals surface area contributed by atoms with Gasteiger partial charge in [0.15, 0.2) is 0 Å². The van der Waals surface area contributed by atoms with E-state index in [1.165, 1.54) is 5.56 Å². The van der Waals surface area contributed by atoms with Crippen molar-refractivity contribution in [2.45, 2.75) is 12.8 Å². The third kappa shape index (κ3) is 2.06. The SMILES string of the molecule is Cc1cccc(C(CN)CO)c1. The fourth-order valence-electron chi connectivity index (χ4n) is 1.24. The number of aliphatic hydroxyl groups excluding tert-OH is 1. The predicted octanol–water partition coefficient (Wildman–Crippen LogP) is 1.03. The van der Waals surface area contributed by atoms with E-state index >= 15 is 0 Å². The number of benzene rings is 1. The Hall–Kier alpha value is -0.860. The van der Waals surface area contributed by atoms with Crippen molar-refractivity contribution in [1.29, 1.82) is 0 Å². The summed E-state index contributed by atoms with van der Waals surface area (Å²) in [4.78, 5) is 0. The van der Waals surface area contributed by atoms with Crippen molar-refractivity contribution in [3.05, 3.63) is 35.4 Å². The van der Waals surface area contributed by atoms with Crippen molar-refractivity contribution in [1.82, 2.24) is 0 Å². The Balaban J connectivity index is 2.85. The van der Waals surface area contributed by atoms with E-state index in [1.807, 2.05) is 25.1 Å². The largest absolute Gasteiger partial charge is 0.396 e. The molecule has 0 spiro atoms. The summed E-state index contributed by atoms with van der Waals surface area (Å²) >= 11 is 0. The molecular weight excluding hydrogens is 150 g/mol. The molecule has 0 amide bonds. The van der Waals surface area contributed by atoms with Crippen LogP contribution in [-0.4, -0.2) is 18.3 Å². The van der Waals surface area contributed by atoms with Crippen LogP contribution in [0.1, 0.15) is 17.0 Å². The highest BCUT2D eigenvalue weighted by Gasteiger charge is 2.06. The first-order valence-corrected chi connectivity index (χ1v) is 4.15. The molecular formula is C10H15NO. The summed E-state index contributed by atoms with van der Waals surface area (Å²) in [6, 6.07) is 8.09. The molecule has 0 fully saturated rings. The summed E-state index contributed by atoms with van der Waals surface area (Å²) < 4.78 is 0. The Morgan fingerprint density at radius 1 is 1.50 bits per heavy atom. The van der Waals surface area contributed by atoms with Gasteiger partial charge in [-0.1, -0.05) is 29.8 Å². The maximum atomic E-state index is 8.99. The molecule has 0 radical (unpaired) electrons. The third-order valence-corrected chi connectivity index (χ3v) is 2.02. The zero-order valence-electron chi connectivity index (χ0n) is 7.33. The van der Waals surface area contributed by atoms with Crippen molar-refractivity contribution >= 4 is 0 Å². The Morgan fingerprint density at radius 2 is 2.25 bits per heavy atom. The minimum Gasteiger partial charge on any atom is -0.396 e. The lowest BCUT2D eigenvalue weighted by atomic mass is 9.99. The molecule has 1 aromatic carbocycles. The molecule has 2 nitrogen and oxygen atoms in total. The minimum atomic E-state index is 0.0879. The van der Waals surface area contributed by atoms with E-state index in [4.69, 9.17) is 10.8 Å². The van der Waals surface area contributed by atoms with E-state index in [1.54, 1.807) is 0 Å². The second-order valence-electron chi connectivity index (χ2n) is 3.03. The number of hydrogen-bond acceptors (Lipinski definition) is 2. The van der Waals surface area contributed by atoms with Gasteiger partial charge in [-0.05, 0) is 12.5 Å². The lowest BCUT2D eigenvalue weighted by Gasteiger charge is -2.11. The summed E-state index contributed by atoms with van der Waals surface area (Å²) in [5.41, 5.74) is 7.84. The average Bonchev–Trinajstić information content (AvgIpc) is 2.07. The van der Waals surface area contributed by atoms with Gasteiger partial charge in [-0.3, -0.25) is 0 Å². The quantitative estimate of drug-likeness (QED) is 0.702. The van der Waals surface area contributed by atoms with E-state index in [-0.39, 0.29) is 12.5 Å². The van der Waals surface area contributed by atoms with Crippen molar-refractivity contribution in [3.8, 4) is 0 Å². The number of rotatable bonds is 3. The molecule has 0 aliphatic heterocycles. The van der Waals surface area contributed by atoms with Crippen LogP contribution >= 0.6 is 0 Å². The topological polar surface area (TPSA) is 46.2 Å². The second kappa shape index (κ2) is 4.24. The second-order valence-corrected chi connectivity index (χ2v) is 3.03. The van der Waals surface area contributed by atoms with E-state index < -0.39 is 0 Å². The maximum Gasteiger partial charge on any atom is 0.0511 e. The highest BCUT2D eigenvalue weighted by atomic mass is 16.3. The smallest absolute Gasteiger partial charge is 0.0511 e. The van der Waals surface area contributed by atoms with Gasteiger partial charge in [0.2, 0.25) is 0 Å². The predicted molar refractivity (Wildman–Crippen MR) is 50.1 cm³/mol. The van der Waals surface area contributed by atoms with Gasteiger partial charge in [-0.15, -0.1) is 0 Å². The van der Waals surface area contributed by atoms with Gasteiger partial charge < -0.3 is 10.8 Å². The molecule has 0 bridgehead atoms. The molecule has 0 aliphatic rings. The Labute approximate surface area is 73.0 Å². The standard InChI is InChI=1S/C10H15NO/c1-8-3-2-4-9(5-8)10(6-11)7-12/h2-5,10,12H,6-7,11H2,1H3. The van der Waals surface area contributed by atoms with Crippen LogP contribution in [0.4, 0.5) is 0 Å². The molecule has 1 aromatic rings. The van der Waals surface area contributed by atoms with Gasteiger partial charge in [-0.2, -0.15) is 0 Å². The molecule has 1 rings (SSSR count). The number of aryl methyl sites for hydroxylation is 1. The molecule has 0 saturated carbocycles. The number of hydrogen-bond donors (Lipinski definition) is 2. The van der Waals surface area contributed by atoms with Gasteiger partial charge in [0, 0.05) is 12.5 Å². The zero-order valence-corrected chi connectivity index (χ0v) is 7.33. The first-order chi connectivity index (χ1) is 5.77. The normalized spacial score (nSPS) is 12.9. The van der Waals surface area contributed by atoms with Crippen molar-refractivity contribution in [2.75, 3.05) is 13.2 Å². The van der Waals surface area contributed by atoms with E-state index in [0.717, 1.165) is 5.56 Å². The van der Waals surface area contributed by atoms with Crippen LogP contribution < -0.4 is 5.73 Å². The van der Waals surface area contributed by atoms with E-state index in [9.17, 15) is 0 Å². The zero-order chi connectivity index (χ0) is 8.97. The van der Waals surface area contributed by atoms with Crippen LogP contribution in [0.2, 0.25) is 0 Å². The van der Waals surface area contributed by atoms with Crippen molar-refractivity contribution in [2.24, 2.45) is 5.73 Å². The van der Waals surface area contributed by atoms with Crippen molar-refractivity contribution < 1.29 is 5.11 Å². The van der Waals surface area contributed by atoms with Gasteiger partial charge in [-0.25, -0.2) is 0 Å². The lowest BCUT2D eigenvalue weighted by Crippen LogP contribution is -2.15. The fourth-order valence-corrected chi connectivity index (χ4v) is 1.24. The third-order valence-electron chi connectivity index (χ3n) is 2.02. The lowest BCUT2D eigenvalue weighted by molar-refractivity contribution is 0.268. The van der Waals surface area contributed by atoms with Crippen LogP contribution in [0.25, 0.3) is 0 Å². The summed E-state index contributed by atoms with van der Waals surface area (Å²) in [6.45, 7) is 2.66.